The summed E-state index contributed by atoms with van der Waals surface area (Å²) >= 11 is 6.06. The number of piperidine rings is 1. The fourth-order valence-electron chi connectivity index (χ4n) is 2.98. The summed E-state index contributed by atoms with van der Waals surface area (Å²) in [6.07, 6.45) is 0.926. The summed E-state index contributed by atoms with van der Waals surface area (Å²) in [5, 5.41) is 2.88. The van der Waals surface area contributed by atoms with Crippen LogP contribution in [0.1, 0.15) is 23.2 Å². The van der Waals surface area contributed by atoms with Crippen LogP contribution in [0.15, 0.2) is 42.5 Å². The topological polar surface area (TPSA) is 49.4 Å². The molecule has 1 fully saturated rings. The summed E-state index contributed by atoms with van der Waals surface area (Å²) in [7, 11) is 0. The van der Waals surface area contributed by atoms with Crippen LogP contribution in [0.4, 0.5) is 14.5 Å². The number of carbonyl (C=O) groups excluding carboxylic acids is 2. The molecule has 26 heavy (non-hydrogen) atoms. The molecule has 2 aromatic rings. The number of likely N-dealkylation sites (tertiary alicyclic amines) is 1. The van der Waals surface area contributed by atoms with E-state index in [2.05, 4.69) is 5.32 Å². The Balaban J connectivity index is 1.59. The first-order chi connectivity index (χ1) is 12.5. The highest BCUT2D eigenvalue weighted by molar-refractivity contribution is 6.33. The number of hydrogen-bond donors (Lipinski definition) is 1. The number of anilines is 1. The average molecular weight is 379 g/mol. The molecule has 0 spiro atoms. The Morgan fingerprint density at radius 2 is 1.77 bits per heavy atom. The molecule has 3 rings (SSSR count). The molecule has 0 radical (unpaired) electrons. The van der Waals surface area contributed by atoms with Crippen molar-refractivity contribution >= 4 is 29.1 Å². The highest BCUT2D eigenvalue weighted by Gasteiger charge is 2.28. The molecule has 2 aromatic carbocycles. The lowest BCUT2D eigenvalue weighted by Crippen LogP contribution is -2.41. The molecule has 1 heterocycles. The third-order valence-corrected chi connectivity index (χ3v) is 4.78. The minimum absolute atomic E-state index is 0.0500. The van der Waals surface area contributed by atoms with Crippen LogP contribution in [0, 0.1) is 17.6 Å². The van der Waals surface area contributed by atoms with Gasteiger partial charge in [0.25, 0.3) is 5.91 Å². The second-order valence-electron chi connectivity index (χ2n) is 6.16. The molecule has 4 nitrogen and oxygen atoms in total. The number of halogens is 3. The molecule has 0 atom stereocenters. The summed E-state index contributed by atoms with van der Waals surface area (Å²) in [6, 6.07) is 9.83. The summed E-state index contributed by atoms with van der Waals surface area (Å²) < 4.78 is 26.6. The van der Waals surface area contributed by atoms with Gasteiger partial charge in [0.15, 0.2) is 0 Å². The molecule has 1 aliphatic heterocycles. The zero-order chi connectivity index (χ0) is 18.7. The Hall–Kier alpha value is -2.47. The summed E-state index contributed by atoms with van der Waals surface area (Å²) in [6.45, 7) is 0.822. The van der Waals surface area contributed by atoms with Gasteiger partial charge in [0.2, 0.25) is 5.91 Å². The highest BCUT2D eigenvalue weighted by atomic mass is 35.5. The SMILES string of the molecule is O=C(Nc1ccc(F)cc1F)C1CCN(C(=O)c2ccccc2Cl)CC1. The number of benzene rings is 2. The van der Waals surface area contributed by atoms with Gasteiger partial charge in [0.1, 0.15) is 11.6 Å². The summed E-state index contributed by atoms with van der Waals surface area (Å²) in [4.78, 5) is 26.5. The lowest BCUT2D eigenvalue weighted by atomic mass is 9.95. The maximum absolute atomic E-state index is 13.7. The lowest BCUT2D eigenvalue weighted by Gasteiger charge is -2.31. The van der Waals surface area contributed by atoms with Gasteiger partial charge in [-0.1, -0.05) is 23.7 Å². The van der Waals surface area contributed by atoms with Gasteiger partial charge in [0, 0.05) is 25.1 Å². The van der Waals surface area contributed by atoms with E-state index in [1.807, 2.05) is 0 Å². The summed E-state index contributed by atoms with van der Waals surface area (Å²) in [5.74, 6) is -2.36. The molecule has 136 valence electrons. The van der Waals surface area contributed by atoms with Crippen molar-refractivity contribution in [2.45, 2.75) is 12.8 Å². The number of hydrogen-bond acceptors (Lipinski definition) is 2. The molecule has 0 bridgehead atoms. The lowest BCUT2D eigenvalue weighted by molar-refractivity contribution is -0.121. The maximum Gasteiger partial charge on any atom is 0.255 e. The van der Waals surface area contributed by atoms with Crippen molar-refractivity contribution in [2.75, 3.05) is 18.4 Å². The van der Waals surface area contributed by atoms with Crippen LogP contribution in [0.3, 0.4) is 0 Å². The van der Waals surface area contributed by atoms with Gasteiger partial charge in [-0.15, -0.1) is 0 Å². The quantitative estimate of drug-likeness (QED) is 0.873. The molecule has 0 aliphatic carbocycles. The third-order valence-electron chi connectivity index (χ3n) is 4.45. The number of nitrogens with one attached hydrogen (secondary N) is 1. The van der Waals surface area contributed by atoms with Crippen LogP contribution in [0.2, 0.25) is 5.02 Å². The van der Waals surface area contributed by atoms with E-state index >= 15 is 0 Å². The van der Waals surface area contributed by atoms with Crippen LogP contribution in [0.5, 0.6) is 0 Å². The molecular formula is C19H17ClF2N2O2. The molecule has 7 heteroatoms. The van der Waals surface area contributed by atoms with Crippen LogP contribution in [-0.4, -0.2) is 29.8 Å². The number of nitrogens with zero attached hydrogens (tertiary/aromatic N) is 1. The van der Waals surface area contributed by atoms with E-state index < -0.39 is 11.6 Å². The maximum atomic E-state index is 13.7. The van der Waals surface area contributed by atoms with Crippen LogP contribution in [0.25, 0.3) is 0 Å². The van der Waals surface area contributed by atoms with Crippen molar-refractivity contribution in [1.82, 2.24) is 4.90 Å². The van der Waals surface area contributed by atoms with Crippen LogP contribution >= 0.6 is 11.6 Å². The molecule has 0 unspecified atom stereocenters. The van der Waals surface area contributed by atoms with Gasteiger partial charge < -0.3 is 10.2 Å². The monoisotopic (exact) mass is 378 g/mol. The standard InChI is InChI=1S/C19H17ClF2N2O2/c20-15-4-2-1-3-14(15)19(26)24-9-7-12(8-10-24)18(25)23-17-6-5-13(21)11-16(17)22/h1-6,11-12H,7-10H2,(H,23,25). The molecule has 1 aliphatic rings. The van der Waals surface area contributed by atoms with Gasteiger partial charge in [-0.2, -0.15) is 0 Å². The van der Waals surface area contributed by atoms with Crippen molar-refractivity contribution in [1.29, 1.82) is 0 Å². The van der Waals surface area contributed by atoms with Crippen LogP contribution < -0.4 is 5.32 Å². The van der Waals surface area contributed by atoms with E-state index in [4.69, 9.17) is 11.6 Å². The molecule has 2 amide bonds. The Bertz CT molecular complexity index is 836. The first-order valence-electron chi connectivity index (χ1n) is 8.25. The van der Waals surface area contributed by atoms with Gasteiger partial charge >= 0.3 is 0 Å². The zero-order valence-corrected chi connectivity index (χ0v) is 14.6. The van der Waals surface area contributed by atoms with Gasteiger partial charge in [0.05, 0.1) is 16.3 Å². The molecule has 1 saturated heterocycles. The zero-order valence-electron chi connectivity index (χ0n) is 13.8. The van der Waals surface area contributed by atoms with Gasteiger partial charge in [-0.25, -0.2) is 8.78 Å². The smallest absolute Gasteiger partial charge is 0.255 e. The van der Waals surface area contributed by atoms with Crippen LogP contribution in [-0.2, 0) is 4.79 Å². The van der Waals surface area contributed by atoms with E-state index in [1.165, 1.54) is 6.07 Å². The summed E-state index contributed by atoms with van der Waals surface area (Å²) in [5.41, 5.74) is 0.386. The molecular weight excluding hydrogens is 362 g/mol. The van der Waals surface area contributed by atoms with Crippen molar-refractivity contribution < 1.29 is 18.4 Å². The fourth-order valence-corrected chi connectivity index (χ4v) is 3.19. The Morgan fingerprint density at radius 3 is 2.42 bits per heavy atom. The molecule has 0 saturated carbocycles. The molecule has 0 aromatic heterocycles. The van der Waals surface area contributed by atoms with E-state index in [1.54, 1.807) is 29.2 Å². The van der Waals surface area contributed by atoms with Gasteiger partial charge in [-0.3, -0.25) is 9.59 Å². The van der Waals surface area contributed by atoms with Crippen molar-refractivity contribution in [3.63, 3.8) is 0 Å². The minimum Gasteiger partial charge on any atom is -0.339 e. The number of rotatable bonds is 3. The first kappa shape index (κ1) is 18.3. The largest absolute Gasteiger partial charge is 0.339 e. The van der Waals surface area contributed by atoms with E-state index in [0.717, 1.165) is 12.1 Å². The average Bonchev–Trinajstić information content (AvgIpc) is 2.64. The normalized spacial score (nSPS) is 15.0. The Morgan fingerprint density at radius 1 is 1.08 bits per heavy atom. The third kappa shape index (κ3) is 4.02. The Kier molecular flexibility index (Phi) is 5.52. The molecule has 1 N–H and O–H groups in total. The number of carbonyl (C=O) groups is 2. The number of amides is 2. The second-order valence-corrected chi connectivity index (χ2v) is 6.57. The Labute approximate surface area is 154 Å². The van der Waals surface area contributed by atoms with E-state index in [-0.39, 0.29) is 23.4 Å². The van der Waals surface area contributed by atoms with Crippen molar-refractivity contribution in [3.05, 3.63) is 64.7 Å². The first-order valence-corrected chi connectivity index (χ1v) is 8.63. The van der Waals surface area contributed by atoms with Gasteiger partial charge in [-0.05, 0) is 37.1 Å². The fraction of sp³-hybridized carbons (Fsp3) is 0.263. The predicted octanol–water partition coefficient (Wildman–Crippen LogP) is 4.11. The predicted molar refractivity (Wildman–Crippen MR) is 95.1 cm³/mol. The highest BCUT2D eigenvalue weighted by Crippen LogP contribution is 2.24. The van der Waals surface area contributed by atoms with Crippen molar-refractivity contribution in [3.8, 4) is 0 Å². The minimum atomic E-state index is -0.815. The second kappa shape index (κ2) is 7.83. The van der Waals surface area contributed by atoms with E-state index in [9.17, 15) is 18.4 Å². The van der Waals surface area contributed by atoms with E-state index in [0.29, 0.717) is 36.5 Å². The van der Waals surface area contributed by atoms with Crippen molar-refractivity contribution in [2.24, 2.45) is 5.92 Å².